The molecule has 25 heavy (non-hydrogen) atoms. The number of nitrogens with zero attached hydrogens (tertiary/aromatic N) is 2. The van der Waals surface area contributed by atoms with Crippen molar-refractivity contribution in [3.63, 3.8) is 0 Å². The molecule has 0 aromatic heterocycles. The van der Waals surface area contributed by atoms with Gasteiger partial charge in [-0.1, -0.05) is 0 Å². The topological polar surface area (TPSA) is 79.0 Å². The molecule has 1 amide bonds. The largest absolute Gasteiger partial charge is 0.376 e. The summed E-state index contributed by atoms with van der Waals surface area (Å²) >= 11 is 0. The van der Waals surface area contributed by atoms with Gasteiger partial charge in [0.05, 0.1) is 24.2 Å². The van der Waals surface area contributed by atoms with E-state index in [-0.39, 0.29) is 29.6 Å². The standard InChI is InChI=1S/C17H31N3O4S/c1-18-14-4-2-7-19(10-14)12-17(21)20(11-16-5-3-8-24-16)15-6-9-25(22,23)13-15/h14-16,18H,2-13H2,1H3. The number of piperidine rings is 1. The minimum absolute atomic E-state index is 0.0503. The molecule has 0 saturated carbocycles. The molecule has 0 aromatic carbocycles. The maximum atomic E-state index is 13.0. The SMILES string of the molecule is CNC1CCCN(CC(=O)N(CC2CCCO2)C2CCS(=O)(=O)C2)C1. The van der Waals surface area contributed by atoms with Gasteiger partial charge >= 0.3 is 0 Å². The lowest BCUT2D eigenvalue weighted by Gasteiger charge is -2.36. The number of hydrogen-bond donors (Lipinski definition) is 1. The third kappa shape index (κ3) is 5.15. The van der Waals surface area contributed by atoms with E-state index in [1.165, 1.54) is 0 Å². The molecule has 3 atom stereocenters. The average molecular weight is 374 g/mol. The number of rotatable bonds is 6. The molecule has 1 N–H and O–H groups in total. The normalized spacial score (nSPS) is 32.8. The lowest BCUT2D eigenvalue weighted by molar-refractivity contribution is -0.136. The summed E-state index contributed by atoms with van der Waals surface area (Å²) in [7, 11) is -1.05. The second-order valence-corrected chi connectivity index (χ2v) is 9.83. The highest BCUT2D eigenvalue weighted by atomic mass is 32.2. The van der Waals surface area contributed by atoms with Crippen molar-refractivity contribution in [3.05, 3.63) is 0 Å². The molecule has 3 aliphatic heterocycles. The fourth-order valence-electron chi connectivity index (χ4n) is 4.20. The van der Waals surface area contributed by atoms with E-state index in [1.54, 1.807) is 0 Å². The monoisotopic (exact) mass is 373 g/mol. The Hall–Kier alpha value is -0.700. The number of likely N-dealkylation sites (N-methyl/N-ethyl adjacent to an activating group) is 1. The van der Waals surface area contributed by atoms with Crippen molar-refractivity contribution in [2.75, 3.05) is 51.3 Å². The Balaban J connectivity index is 1.63. The first-order chi connectivity index (χ1) is 12.0. The first-order valence-electron chi connectivity index (χ1n) is 9.48. The quantitative estimate of drug-likeness (QED) is 0.699. The molecule has 7 nitrogen and oxygen atoms in total. The average Bonchev–Trinajstić information content (AvgIpc) is 3.21. The van der Waals surface area contributed by atoms with E-state index in [0.29, 0.717) is 25.6 Å². The summed E-state index contributed by atoms with van der Waals surface area (Å²) in [5.74, 6) is 0.345. The zero-order valence-electron chi connectivity index (χ0n) is 15.2. The molecule has 3 rings (SSSR count). The molecule has 0 aromatic rings. The Morgan fingerprint density at radius 1 is 1.28 bits per heavy atom. The van der Waals surface area contributed by atoms with Crippen LogP contribution in [0.5, 0.6) is 0 Å². The maximum absolute atomic E-state index is 13.0. The zero-order chi connectivity index (χ0) is 17.9. The molecule has 3 heterocycles. The van der Waals surface area contributed by atoms with Crippen molar-refractivity contribution in [2.45, 2.75) is 50.3 Å². The highest BCUT2D eigenvalue weighted by Crippen LogP contribution is 2.22. The van der Waals surface area contributed by atoms with E-state index >= 15 is 0 Å². The summed E-state index contributed by atoms with van der Waals surface area (Å²) in [5, 5.41) is 3.30. The van der Waals surface area contributed by atoms with Crippen LogP contribution >= 0.6 is 0 Å². The minimum Gasteiger partial charge on any atom is -0.376 e. The van der Waals surface area contributed by atoms with Gasteiger partial charge in [-0.3, -0.25) is 9.69 Å². The van der Waals surface area contributed by atoms with Crippen molar-refractivity contribution < 1.29 is 17.9 Å². The Morgan fingerprint density at radius 3 is 2.76 bits per heavy atom. The van der Waals surface area contributed by atoms with Crippen molar-refractivity contribution in [2.24, 2.45) is 0 Å². The predicted octanol–water partition coefficient (Wildman–Crippen LogP) is -0.135. The number of amides is 1. The van der Waals surface area contributed by atoms with Crippen LogP contribution in [0.15, 0.2) is 0 Å². The van der Waals surface area contributed by atoms with Crippen LogP contribution in [-0.2, 0) is 19.4 Å². The van der Waals surface area contributed by atoms with E-state index in [2.05, 4.69) is 10.2 Å². The van der Waals surface area contributed by atoms with Crippen LogP contribution in [-0.4, -0.2) is 93.7 Å². The molecular weight excluding hydrogens is 342 g/mol. The van der Waals surface area contributed by atoms with E-state index < -0.39 is 9.84 Å². The van der Waals surface area contributed by atoms with Crippen LogP contribution in [0.25, 0.3) is 0 Å². The fraction of sp³-hybridized carbons (Fsp3) is 0.941. The maximum Gasteiger partial charge on any atom is 0.237 e. The molecule has 3 fully saturated rings. The highest BCUT2D eigenvalue weighted by Gasteiger charge is 2.37. The Labute approximate surface area is 151 Å². The minimum atomic E-state index is -3.01. The number of sulfone groups is 1. The summed E-state index contributed by atoms with van der Waals surface area (Å²) < 4.78 is 29.5. The van der Waals surface area contributed by atoms with Crippen LogP contribution in [0.3, 0.4) is 0 Å². The van der Waals surface area contributed by atoms with E-state index in [4.69, 9.17) is 4.74 Å². The van der Waals surface area contributed by atoms with Crippen LogP contribution in [0, 0.1) is 0 Å². The summed E-state index contributed by atoms with van der Waals surface area (Å²) in [4.78, 5) is 17.0. The number of ether oxygens (including phenoxy) is 1. The van der Waals surface area contributed by atoms with Crippen molar-refractivity contribution in [1.82, 2.24) is 15.1 Å². The van der Waals surface area contributed by atoms with Crippen molar-refractivity contribution in [3.8, 4) is 0 Å². The Bertz CT molecular complexity index is 562. The summed E-state index contributed by atoms with van der Waals surface area (Å²) in [6.07, 6.45) is 4.81. The first kappa shape index (κ1) is 19.1. The van der Waals surface area contributed by atoms with Gasteiger partial charge in [-0.05, 0) is 45.7 Å². The molecule has 8 heteroatoms. The van der Waals surface area contributed by atoms with Gasteiger partial charge in [0.2, 0.25) is 5.91 Å². The van der Waals surface area contributed by atoms with Gasteiger partial charge in [0.15, 0.2) is 9.84 Å². The number of carbonyl (C=O) groups excluding carboxylic acids is 1. The Morgan fingerprint density at radius 2 is 2.12 bits per heavy atom. The molecule has 0 radical (unpaired) electrons. The van der Waals surface area contributed by atoms with Crippen LogP contribution in [0.1, 0.15) is 32.1 Å². The van der Waals surface area contributed by atoms with Gasteiger partial charge in [-0.2, -0.15) is 0 Å². The van der Waals surface area contributed by atoms with E-state index in [1.807, 2.05) is 11.9 Å². The summed E-state index contributed by atoms with van der Waals surface area (Å²) in [6, 6.07) is 0.242. The molecule has 0 bridgehead atoms. The van der Waals surface area contributed by atoms with Gasteiger partial charge in [-0.25, -0.2) is 8.42 Å². The fourth-order valence-corrected chi connectivity index (χ4v) is 5.93. The number of carbonyl (C=O) groups is 1. The highest BCUT2D eigenvalue weighted by molar-refractivity contribution is 7.91. The zero-order valence-corrected chi connectivity index (χ0v) is 16.0. The van der Waals surface area contributed by atoms with Crippen LogP contribution in [0.2, 0.25) is 0 Å². The second-order valence-electron chi connectivity index (χ2n) is 7.60. The summed E-state index contributed by atoms with van der Waals surface area (Å²) in [6.45, 7) is 3.45. The van der Waals surface area contributed by atoms with Crippen molar-refractivity contribution in [1.29, 1.82) is 0 Å². The number of likely N-dealkylation sites (tertiary alicyclic amines) is 1. The van der Waals surface area contributed by atoms with Crippen LogP contribution < -0.4 is 5.32 Å². The summed E-state index contributed by atoms with van der Waals surface area (Å²) in [5.41, 5.74) is 0. The first-order valence-corrected chi connectivity index (χ1v) is 11.3. The van der Waals surface area contributed by atoms with Gasteiger partial charge < -0.3 is 15.0 Å². The van der Waals surface area contributed by atoms with Crippen molar-refractivity contribution >= 4 is 15.7 Å². The van der Waals surface area contributed by atoms with Gasteiger partial charge in [0.1, 0.15) is 0 Å². The lowest BCUT2D eigenvalue weighted by atomic mass is 10.1. The third-order valence-electron chi connectivity index (χ3n) is 5.67. The molecule has 3 saturated heterocycles. The molecule has 144 valence electrons. The molecular formula is C17H31N3O4S. The number of nitrogens with one attached hydrogen (secondary N) is 1. The van der Waals surface area contributed by atoms with E-state index in [9.17, 15) is 13.2 Å². The molecule has 3 aliphatic rings. The molecule has 0 spiro atoms. The van der Waals surface area contributed by atoms with Gasteiger partial charge in [-0.15, -0.1) is 0 Å². The second kappa shape index (κ2) is 8.33. The van der Waals surface area contributed by atoms with Crippen LogP contribution in [0.4, 0.5) is 0 Å². The number of hydrogen-bond acceptors (Lipinski definition) is 6. The van der Waals surface area contributed by atoms with Gasteiger partial charge in [0, 0.05) is 31.8 Å². The Kier molecular flexibility index (Phi) is 6.35. The smallest absolute Gasteiger partial charge is 0.237 e. The lowest BCUT2D eigenvalue weighted by Crippen LogP contribution is -2.52. The molecule has 3 unspecified atom stereocenters. The molecule has 0 aliphatic carbocycles. The van der Waals surface area contributed by atoms with E-state index in [0.717, 1.165) is 45.4 Å². The third-order valence-corrected chi connectivity index (χ3v) is 7.42. The predicted molar refractivity (Wildman–Crippen MR) is 96.3 cm³/mol. The van der Waals surface area contributed by atoms with Gasteiger partial charge in [0.25, 0.3) is 0 Å².